The predicted molar refractivity (Wildman–Crippen MR) is 51.0 cm³/mol. The molecule has 0 saturated carbocycles. The second kappa shape index (κ2) is 5.82. The molecule has 0 aromatic rings. The van der Waals surface area contributed by atoms with Crippen LogP contribution in [0.2, 0.25) is 19.0 Å². The van der Waals surface area contributed by atoms with Gasteiger partial charge in [-0.3, -0.25) is 0 Å². The Morgan fingerprint density at radius 2 is 1.80 bits per heavy atom. The first kappa shape index (κ1) is 10.1. The third-order valence-electron chi connectivity index (χ3n) is 2.54. The molecule has 1 heterocycles. The molecule has 1 unspecified atom stereocenters. The van der Waals surface area contributed by atoms with Crippen molar-refractivity contribution >= 4 is 6.71 Å². The van der Waals surface area contributed by atoms with Gasteiger partial charge in [0.05, 0.1) is 0 Å². The first-order chi connectivity index (χ1) is 4.80. The lowest BCUT2D eigenvalue weighted by molar-refractivity contribution is 0.648. The molecule has 1 heteroatoms. The Morgan fingerprint density at radius 1 is 1.20 bits per heavy atom. The molecule has 0 nitrogen and oxygen atoms in total. The van der Waals surface area contributed by atoms with Crippen LogP contribution in [0.1, 0.15) is 40.0 Å². The van der Waals surface area contributed by atoms with E-state index >= 15 is 0 Å². The minimum Gasteiger partial charge on any atom is -0.0859 e. The summed E-state index contributed by atoms with van der Waals surface area (Å²) in [6.45, 7) is 9.76. The van der Waals surface area contributed by atoms with Gasteiger partial charge in [0.25, 0.3) is 0 Å². The van der Waals surface area contributed by atoms with Gasteiger partial charge in [0, 0.05) is 0 Å². The molecule has 0 aromatic heterocycles. The van der Waals surface area contributed by atoms with Crippen LogP contribution in [0.5, 0.6) is 0 Å². The zero-order chi connectivity index (χ0) is 7.98. The van der Waals surface area contributed by atoms with Crippen LogP contribution in [0, 0.1) is 0 Å². The van der Waals surface area contributed by atoms with E-state index in [1.165, 1.54) is 25.6 Å². The summed E-state index contributed by atoms with van der Waals surface area (Å²) in [5.41, 5.74) is 0. The zero-order valence-corrected chi connectivity index (χ0v) is 7.98. The highest BCUT2D eigenvalue weighted by Gasteiger charge is 2.18. The van der Waals surface area contributed by atoms with Crippen molar-refractivity contribution in [1.29, 1.82) is 0 Å². The molecule has 60 valence electrons. The molecule has 0 radical (unpaired) electrons. The van der Waals surface area contributed by atoms with E-state index in [1.807, 2.05) is 13.8 Å². The highest BCUT2D eigenvalue weighted by atomic mass is 14.0. The molecule has 1 rings (SSSR count). The fraction of sp³-hybridized carbons (Fsp3) is 1.00. The van der Waals surface area contributed by atoms with Crippen LogP contribution in [-0.2, 0) is 0 Å². The summed E-state index contributed by atoms with van der Waals surface area (Å²) in [4.78, 5) is 0. The maximum absolute atomic E-state index is 2.38. The molecule has 0 spiro atoms. The topological polar surface area (TPSA) is 0 Å². The van der Waals surface area contributed by atoms with Crippen LogP contribution in [0.25, 0.3) is 0 Å². The van der Waals surface area contributed by atoms with E-state index in [0.717, 1.165) is 12.5 Å². The highest BCUT2D eigenvalue weighted by Crippen LogP contribution is 2.27. The third kappa shape index (κ3) is 3.29. The Morgan fingerprint density at radius 3 is 2.10 bits per heavy atom. The summed E-state index contributed by atoms with van der Waals surface area (Å²) in [5, 5.41) is 0. The maximum Gasteiger partial charge on any atom is 0.139 e. The highest BCUT2D eigenvalue weighted by molar-refractivity contribution is 6.59. The molecule has 1 aliphatic rings. The van der Waals surface area contributed by atoms with Gasteiger partial charge in [-0.25, -0.2) is 0 Å². The van der Waals surface area contributed by atoms with Crippen molar-refractivity contribution in [2.24, 2.45) is 0 Å². The van der Waals surface area contributed by atoms with E-state index < -0.39 is 0 Å². The Balaban J connectivity index is 0.000000371. The Labute approximate surface area is 66.5 Å². The minimum absolute atomic E-state index is 1.00. The lowest BCUT2D eigenvalue weighted by atomic mass is 9.38. The fourth-order valence-corrected chi connectivity index (χ4v) is 1.50. The Kier molecular flexibility index (Phi) is 5.86. The van der Waals surface area contributed by atoms with E-state index in [-0.39, 0.29) is 0 Å². The third-order valence-corrected chi connectivity index (χ3v) is 2.54. The quantitative estimate of drug-likeness (QED) is 0.450. The molecule has 1 aliphatic heterocycles. The van der Waals surface area contributed by atoms with Gasteiger partial charge in [-0.1, -0.05) is 59.0 Å². The lowest BCUT2D eigenvalue weighted by Crippen LogP contribution is -2.17. The second-order valence-corrected chi connectivity index (χ2v) is 3.24. The van der Waals surface area contributed by atoms with Crippen molar-refractivity contribution in [3.63, 3.8) is 0 Å². The monoisotopic (exact) mass is 140 g/mol. The molecule has 0 bridgehead atoms. The van der Waals surface area contributed by atoms with Crippen LogP contribution in [0.3, 0.4) is 0 Å². The number of hydrogen-bond donors (Lipinski definition) is 0. The zero-order valence-electron chi connectivity index (χ0n) is 7.98. The summed E-state index contributed by atoms with van der Waals surface area (Å²) >= 11 is 0. The number of hydrogen-bond acceptors (Lipinski definition) is 0. The van der Waals surface area contributed by atoms with Crippen molar-refractivity contribution < 1.29 is 0 Å². The van der Waals surface area contributed by atoms with Gasteiger partial charge in [0.15, 0.2) is 0 Å². The molecule has 10 heavy (non-hydrogen) atoms. The fourth-order valence-electron chi connectivity index (χ4n) is 1.50. The van der Waals surface area contributed by atoms with E-state index in [4.69, 9.17) is 0 Å². The molecular formula is C9H21B. The standard InChI is InChI=1S/C7H15B.C2H6/c1-7-5-3-4-6-8(7)2;1-2/h7H,3-6H2,1-2H3;1-2H3. The summed E-state index contributed by atoms with van der Waals surface area (Å²) in [6.07, 6.45) is 5.90. The van der Waals surface area contributed by atoms with Gasteiger partial charge in [-0.2, -0.15) is 0 Å². The van der Waals surface area contributed by atoms with Gasteiger partial charge in [-0.05, 0) is 0 Å². The second-order valence-electron chi connectivity index (χ2n) is 3.24. The van der Waals surface area contributed by atoms with E-state index in [2.05, 4.69) is 13.7 Å². The Hall–Kier alpha value is 0.0649. The van der Waals surface area contributed by atoms with Crippen molar-refractivity contribution in [2.45, 2.75) is 59.0 Å². The maximum atomic E-state index is 2.38. The van der Waals surface area contributed by atoms with E-state index in [1.54, 1.807) is 0 Å². The molecule has 1 atom stereocenters. The van der Waals surface area contributed by atoms with Gasteiger partial charge in [-0.15, -0.1) is 0 Å². The van der Waals surface area contributed by atoms with Crippen molar-refractivity contribution in [3.8, 4) is 0 Å². The van der Waals surface area contributed by atoms with E-state index in [9.17, 15) is 0 Å². The number of rotatable bonds is 0. The minimum atomic E-state index is 1.00. The first-order valence-corrected chi connectivity index (χ1v) is 4.80. The van der Waals surface area contributed by atoms with Crippen molar-refractivity contribution in [1.82, 2.24) is 0 Å². The van der Waals surface area contributed by atoms with Crippen LogP contribution >= 0.6 is 0 Å². The van der Waals surface area contributed by atoms with Crippen LogP contribution < -0.4 is 0 Å². The van der Waals surface area contributed by atoms with Crippen molar-refractivity contribution in [3.05, 3.63) is 0 Å². The molecule has 1 saturated heterocycles. The SMILES string of the molecule is CB1CCCCC1C.CC. The van der Waals surface area contributed by atoms with Gasteiger partial charge < -0.3 is 0 Å². The van der Waals surface area contributed by atoms with Crippen LogP contribution in [-0.4, -0.2) is 6.71 Å². The summed E-state index contributed by atoms with van der Waals surface area (Å²) in [6, 6.07) is 0. The van der Waals surface area contributed by atoms with Gasteiger partial charge in [0.1, 0.15) is 6.71 Å². The van der Waals surface area contributed by atoms with Crippen LogP contribution in [0.4, 0.5) is 0 Å². The predicted octanol–water partition coefficient (Wildman–Crippen LogP) is 3.71. The smallest absolute Gasteiger partial charge is 0.0859 e. The molecule has 0 aliphatic carbocycles. The molecule has 0 aromatic carbocycles. The molecular weight excluding hydrogens is 119 g/mol. The molecule has 1 fully saturated rings. The summed E-state index contributed by atoms with van der Waals surface area (Å²) in [5.74, 6) is 1.00. The average molecular weight is 140 g/mol. The normalized spacial score (nSPS) is 25.2. The summed E-state index contributed by atoms with van der Waals surface area (Å²) in [7, 11) is 0. The first-order valence-electron chi connectivity index (χ1n) is 4.80. The Bertz CT molecular complexity index is 61.1. The summed E-state index contributed by atoms with van der Waals surface area (Å²) < 4.78 is 0. The molecule has 0 N–H and O–H groups in total. The van der Waals surface area contributed by atoms with Crippen LogP contribution in [0.15, 0.2) is 0 Å². The lowest BCUT2D eigenvalue weighted by Gasteiger charge is -2.21. The molecule has 0 amide bonds. The van der Waals surface area contributed by atoms with Crippen molar-refractivity contribution in [2.75, 3.05) is 0 Å². The largest absolute Gasteiger partial charge is 0.139 e. The van der Waals surface area contributed by atoms with Gasteiger partial charge in [0.2, 0.25) is 0 Å². The van der Waals surface area contributed by atoms with Gasteiger partial charge >= 0.3 is 0 Å². The average Bonchev–Trinajstić information content (AvgIpc) is 2.00. The van der Waals surface area contributed by atoms with E-state index in [0.29, 0.717) is 0 Å².